The maximum Gasteiger partial charge on any atom is 0.243 e. The van der Waals surface area contributed by atoms with Gasteiger partial charge in [0.15, 0.2) is 0 Å². The first-order chi connectivity index (χ1) is 18.0. The van der Waals surface area contributed by atoms with Gasteiger partial charge in [-0.3, -0.25) is 9.59 Å². The normalized spacial score (nSPS) is 12.6. The number of nitrogens with zero attached hydrogens (tertiary/aromatic N) is 1. The maximum atomic E-state index is 13.3. The number of nitrogens with two attached hydrogens (primary N) is 1. The summed E-state index contributed by atoms with van der Waals surface area (Å²) in [5.74, 6) is 0.0534. The second-order valence-corrected chi connectivity index (χ2v) is 9.09. The van der Waals surface area contributed by atoms with Crippen LogP contribution in [0.25, 0.3) is 10.8 Å². The SMILES string of the molecule is CN[C@H](CCc1ccccc1)C(=O)N[C@@H](Cc1ccccc1)C(=O)NCc1ccc2c(N)nccc2c1. The highest BCUT2D eigenvalue weighted by atomic mass is 16.2. The first-order valence-electron chi connectivity index (χ1n) is 12.5. The first kappa shape index (κ1) is 25.9. The fraction of sp³-hybridized carbons (Fsp3) is 0.233. The Hall–Kier alpha value is -4.23. The van der Waals surface area contributed by atoms with Crippen molar-refractivity contribution in [1.29, 1.82) is 0 Å². The van der Waals surface area contributed by atoms with Gasteiger partial charge in [-0.2, -0.15) is 0 Å². The number of anilines is 1. The summed E-state index contributed by atoms with van der Waals surface area (Å²) in [6.45, 7) is 0.335. The Bertz CT molecular complexity index is 1330. The molecule has 2 atom stereocenters. The van der Waals surface area contributed by atoms with E-state index >= 15 is 0 Å². The van der Waals surface area contributed by atoms with Gasteiger partial charge in [0.05, 0.1) is 6.04 Å². The Labute approximate surface area is 217 Å². The third kappa shape index (κ3) is 7.15. The lowest BCUT2D eigenvalue weighted by molar-refractivity contribution is -0.130. The molecule has 190 valence electrons. The van der Waals surface area contributed by atoms with E-state index in [1.165, 1.54) is 5.56 Å². The Kier molecular flexibility index (Phi) is 8.84. The molecule has 37 heavy (non-hydrogen) atoms. The fourth-order valence-corrected chi connectivity index (χ4v) is 4.37. The minimum Gasteiger partial charge on any atom is -0.383 e. The van der Waals surface area contributed by atoms with E-state index in [0.717, 1.165) is 28.3 Å². The van der Waals surface area contributed by atoms with Crippen LogP contribution in [-0.4, -0.2) is 35.9 Å². The van der Waals surface area contributed by atoms with Crippen LogP contribution in [0.2, 0.25) is 0 Å². The van der Waals surface area contributed by atoms with Crippen molar-refractivity contribution < 1.29 is 9.59 Å². The number of nitrogens with one attached hydrogen (secondary N) is 3. The van der Waals surface area contributed by atoms with E-state index in [1.54, 1.807) is 13.2 Å². The number of nitrogen functional groups attached to an aromatic ring is 1. The molecule has 0 aliphatic rings. The standard InChI is InChI=1S/C30H33N5O2/c1-32-26(15-13-21-8-4-2-5-9-21)30(37)35-27(19-22-10-6-3-7-11-22)29(36)34-20-23-12-14-25-24(18-23)16-17-33-28(25)31/h2-12,14,16-18,26-27,32H,13,15,19-20H2,1H3,(H2,31,33)(H,34,36)(H,35,37)/t26-,27+/m1/s1. The molecule has 2 amide bonds. The molecule has 4 rings (SSSR count). The van der Waals surface area contributed by atoms with Crippen molar-refractivity contribution in [1.82, 2.24) is 20.9 Å². The predicted octanol–water partition coefficient (Wildman–Crippen LogP) is 3.38. The summed E-state index contributed by atoms with van der Waals surface area (Å²) in [5.41, 5.74) is 9.03. The molecule has 0 bridgehead atoms. The molecule has 0 saturated carbocycles. The Morgan fingerprint density at radius 1 is 0.838 bits per heavy atom. The van der Waals surface area contributed by atoms with E-state index in [1.807, 2.05) is 84.9 Å². The number of amides is 2. The molecule has 0 radical (unpaired) electrons. The Morgan fingerprint density at radius 2 is 1.54 bits per heavy atom. The highest BCUT2D eigenvalue weighted by Gasteiger charge is 2.25. The number of hydrogen-bond acceptors (Lipinski definition) is 5. The van der Waals surface area contributed by atoms with Crippen LogP contribution >= 0.6 is 0 Å². The number of pyridine rings is 1. The summed E-state index contributed by atoms with van der Waals surface area (Å²) in [5, 5.41) is 10.9. The molecule has 0 unspecified atom stereocenters. The van der Waals surface area contributed by atoms with Crippen molar-refractivity contribution in [2.24, 2.45) is 0 Å². The van der Waals surface area contributed by atoms with Gasteiger partial charge < -0.3 is 21.7 Å². The van der Waals surface area contributed by atoms with Crippen LogP contribution < -0.4 is 21.7 Å². The topological polar surface area (TPSA) is 109 Å². The molecule has 4 aromatic rings. The number of aromatic nitrogens is 1. The fourth-order valence-electron chi connectivity index (χ4n) is 4.37. The van der Waals surface area contributed by atoms with Gasteiger partial charge >= 0.3 is 0 Å². The van der Waals surface area contributed by atoms with Crippen LogP contribution in [0.5, 0.6) is 0 Å². The van der Waals surface area contributed by atoms with Crippen LogP contribution in [-0.2, 0) is 29.0 Å². The largest absolute Gasteiger partial charge is 0.383 e. The molecule has 0 saturated heterocycles. The average molecular weight is 496 g/mol. The summed E-state index contributed by atoms with van der Waals surface area (Å²) in [4.78, 5) is 30.6. The van der Waals surface area contributed by atoms with Gasteiger partial charge in [-0.25, -0.2) is 4.98 Å². The molecule has 0 spiro atoms. The molecule has 7 heteroatoms. The molecule has 3 aromatic carbocycles. The molecule has 7 nitrogen and oxygen atoms in total. The number of carbonyl (C=O) groups excluding carboxylic acids is 2. The summed E-state index contributed by atoms with van der Waals surface area (Å²) in [6, 6.07) is 26.4. The molecule has 0 aliphatic heterocycles. The first-order valence-corrected chi connectivity index (χ1v) is 12.5. The Morgan fingerprint density at radius 3 is 2.24 bits per heavy atom. The van der Waals surface area contributed by atoms with Gasteiger partial charge in [0, 0.05) is 24.5 Å². The predicted molar refractivity (Wildman–Crippen MR) is 148 cm³/mol. The lowest BCUT2D eigenvalue weighted by Crippen LogP contribution is -2.53. The van der Waals surface area contributed by atoms with E-state index in [2.05, 4.69) is 20.9 Å². The van der Waals surface area contributed by atoms with Crippen molar-refractivity contribution in [2.45, 2.75) is 37.9 Å². The highest BCUT2D eigenvalue weighted by molar-refractivity contribution is 5.92. The van der Waals surface area contributed by atoms with Crippen LogP contribution in [0, 0.1) is 0 Å². The lowest BCUT2D eigenvalue weighted by Gasteiger charge is -2.22. The minimum atomic E-state index is -0.706. The third-order valence-corrected chi connectivity index (χ3v) is 6.47. The zero-order valence-corrected chi connectivity index (χ0v) is 21.0. The van der Waals surface area contributed by atoms with Crippen molar-refractivity contribution >= 4 is 28.4 Å². The molecule has 1 heterocycles. The van der Waals surface area contributed by atoms with Gasteiger partial charge in [-0.15, -0.1) is 0 Å². The van der Waals surface area contributed by atoms with Gasteiger partial charge in [0.25, 0.3) is 0 Å². The summed E-state index contributed by atoms with van der Waals surface area (Å²) < 4.78 is 0. The smallest absolute Gasteiger partial charge is 0.243 e. The van der Waals surface area contributed by atoms with E-state index in [4.69, 9.17) is 5.73 Å². The number of rotatable bonds is 11. The molecular formula is C30H33N5O2. The number of carbonyl (C=O) groups is 2. The molecule has 1 aromatic heterocycles. The number of likely N-dealkylation sites (N-methyl/N-ethyl adjacent to an activating group) is 1. The van der Waals surface area contributed by atoms with Crippen LogP contribution in [0.1, 0.15) is 23.1 Å². The van der Waals surface area contributed by atoms with Crippen LogP contribution in [0.4, 0.5) is 5.82 Å². The van der Waals surface area contributed by atoms with Crippen molar-refractivity contribution in [3.05, 3.63) is 108 Å². The van der Waals surface area contributed by atoms with Gasteiger partial charge in [-0.05, 0) is 54.1 Å². The van der Waals surface area contributed by atoms with Crippen molar-refractivity contribution in [2.75, 3.05) is 12.8 Å². The van der Waals surface area contributed by atoms with Crippen LogP contribution in [0.15, 0.2) is 91.1 Å². The Balaban J connectivity index is 1.43. The number of aryl methyl sites for hydroxylation is 1. The van der Waals surface area contributed by atoms with E-state index < -0.39 is 12.1 Å². The molecule has 0 fully saturated rings. The maximum absolute atomic E-state index is 13.3. The monoisotopic (exact) mass is 495 g/mol. The van der Waals surface area contributed by atoms with Gasteiger partial charge in [0.2, 0.25) is 11.8 Å². The van der Waals surface area contributed by atoms with E-state index in [9.17, 15) is 9.59 Å². The van der Waals surface area contributed by atoms with E-state index in [-0.39, 0.29) is 11.8 Å². The van der Waals surface area contributed by atoms with E-state index in [0.29, 0.717) is 25.2 Å². The average Bonchev–Trinajstić information content (AvgIpc) is 2.93. The van der Waals surface area contributed by atoms with Crippen LogP contribution in [0.3, 0.4) is 0 Å². The zero-order valence-electron chi connectivity index (χ0n) is 21.0. The summed E-state index contributed by atoms with van der Waals surface area (Å²) >= 11 is 0. The highest BCUT2D eigenvalue weighted by Crippen LogP contribution is 2.20. The third-order valence-electron chi connectivity index (χ3n) is 6.47. The minimum absolute atomic E-state index is 0.191. The molecule has 0 aliphatic carbocycles. The van der Waals surface area contributed by atoms with Crippen molar-refractivity contribution in [3.63, 3.8) is 0 Å². The van der Waals surface area contributed by atoms with Crippen molar-refractivity contribution in [3.8, 4) is 0 Å². The lowest BCUT2D eigenvalue weighted by atomic mass is 10.0. The summed E-state index contributed by atoms with van der Waals surface area (Å²) in [6.07, 6.45) is 3.45. The number of hydrogen-bond donors (Lipinski definition) is 4. The number of fused-ring (bicyclic) bond motifs is 1. The molecular weight excluding hydrogens is 462 g/mol. The quantitative estimate of drug-likeness (QED) is 0.255. The van der Waals surface area contributed by atoms with Gasteiger partial charge in [-0.1, -0.05) is 72.8 Å². The van der Waals surface area contributed by atoms with Gasteiger partial charge in [0.1, 0.15) is 11.9 Å². The second kappa shape index (κ2) is 12.6. The second-order valence-electron chi connectivity index (χ2n) is 9.09. The zero-order chi connectivity index (χ0) is 26.0. The number of benzene rings is 3. The summed E-state index contributed by atoms with van der Waals surface area (Å²) in [7, 11) is 1.77. The molecule has 5 N–H and O–H groups in total.